The average Bonchev–Trinajstić information content (AvgIpc) is 3.46. The van der Waals surface area contributed by atoms with Crippen molar-refractivity contribution < 1.29 is 75.8 Å². The van der Waals surface area contributed by atoms with Crippen LogP contribution in [0.1, 0.15) is 52.5 Å². The number of carbonyl (C=O) groups is 5. The third-order valence-electron chi connectivity index (χ3n) is 8.64. The van der Waals surface area contributed by atoms with Crippen molar-refractivity contribution in [2.45, 2.75) is 102 Å². The average molecular weight is 866 g/mol. The lowest BCUT2D eigenvalue weighted by Crippen LogP contribution is -2.66. The molecule has 320 valence electrons. The minimum absolute atomic E-state index is 0.0288. The summed E-state index contributed by atoms with van der Waals surface area (Å²) in [7, 11) is 2.70. The van der Waals surface area contributed by atoms with Crippen LogP contribution in [-0.4, -0.2) is 129 Å². The summed E-state index contributed by atoms with van der Waals surface area (Å²) in [5.41, 5.74) is 0.792. The molecule has 0 bridgehead atoms. The van der Waals surface area contributed by atoms with Crippen molar-refractivity contribution >= 4 is 65.8 Å². The van der Waals surface area contributed by atoms with E-state index in [1.165, 1.54) is 28.1 Å². The van der Waals surface area contributed by atoms with Gasteiger partial charge in [-0.15, -0.1) is 0 Å². The predicted octanol–water partition coefficient (Wildman–Crippen LogP) is 1.91. The Balaban J connectivity index is 1.56. The summed E-state index contributed by atoms with van der Waals surface area (Å²) in [6, 6.07) is 7.59. The molecule has 1 heterocycles. The Hall–Kier alpha value is -3.53. The fourth-order valence-corrected chi connectivity index (χ4v) is 7.49. The molecule has 0 radical (unpaired) electrons. The summed E-state index contributed by atoms with van der Waals surface area (Å²) < 4.78 is 55.2. The second-order valence-electron chi connectivity index (χ2n) is 13.1. The van der Waals surface area contributed by atoms with Crippen molar-refractivity contribution in [3.8, 4) is 0 Å². The molecule has 2 aliphatic rings. The monoisotopic (exact) mass is 865 g/mol. The number of hydrogen-bond donors (Lipinski definition) is 4. The number of carbonyl (C=O) groups excluding carboxylic acids is 5. The van der Waals surface area contributed by atoms with Gasteiger partial charge in [0.25, 0.3) is 0 Å². The van der Waals surface area contributed by atoms with Crippen LogP contribution >= 0.6 is 18.9 Å². The summed E-state index contributed by atoms with van der Waals surface area (Å²) in [6.07, 6.45) is -5.73. The second-order valence-corrected chi connectivity index (χ2v) is 16.4. The number of thiocarbonyl (C=S) groups is 1. The van der Waals surface area contributed by atoms with Crippen molar-refractivity contribution in [2.24, 2.45) is 5.92 Å². The molecule has 2 unspecified atom stereocenters. The number of methoxy groups -OCH3 is 1. The van der Waals surface area contributed by atoms with Crippen LogP contribution in [0.25, 0.3) is 0 Å². The van der Waals surface area contributed by atoms with Gasteiger partial charge in [0.15, 0.2) is 23.6 Å². The summed E-state index contributed by atoms with van der Waals surface area (Å²) >= 11 is 10.7. The summed E-state index contributed by atoms with van der Waals surface area (Å²) in [5, 5.41) is 9.26. The van der Waals surface area contributed by atoms with E-state index in [-0.39, 0.29) is 31.5 Å². The lowest BCUT2D eigenvalue weighted by molar-refractivity contribution is -0.277. The molecule has 1 amide bonds. The Morgan fingerprint density at radius 3 is 2.16 bits per heavy atom. The standard InChI is InChI=1S/C35H52N3O16PS2/c1-20(39)37-28-32(52-23(4)42)31(51-22(3)41)27(19-48-21(2)40)53-33(28)47-15-11-10-14-36-34(56)38-26-16-25(29(30(26)45-5)54-55(44,57)46-6)18-50-35(43)49-17-24-12-8-7-9-13-24/h7-9,12-13,25-33H,10-11,14-19H2,1-6H3,(H,37,39)(H,44,57)(H2,36,38,56)/t25-,26-,27-,28-,29?,30-,31+,32-,33-,55?/m1/s1. The van der Waals surface area contributed by atoms with Crippen LogP contribution in [0.2, 0.25) is 0 Å². The summed E-state index contributed by atoms with van der Waals surface area (Å²) in [6.45, 7) is 1.18. The number of rotatable bonds is 20. The quantitative estimate of drug-likeness (QED) is 0.0482. The van der Waals surface area contributed by atoms with E-state index >= 15 is 0 Å². The highest BCUT2D eigenvalue weighted by Crippen LogP contribution is 2.48. The number of nitrogens with one attached hydrogen (secondary N) is 3. The molecular weight excluding hydrogens is 813 g/mol. The summed E-state index contributed by atoms with van der Waals surface area (Å²) in [5.74, 6) is -3.02. The van der Waals surface area contributed by atoms with E-state index in [1.54, 1.807) is 0 Å². The first kappa shape index (κ1) is 47.8. The van der Waals surface area contributed by atoms with Gasteiger partial charge in [0.2, 0.25) is 5.91 Å². The molecule has 4 N–H and O–H groups in total. The number of esters is 3. The maximum atomic E-state index is 12.4. The first-order valence-corrected chi connectivity index (χ1v) is 21.0. The van der Waals surface area contributed by atoms with Gasteiger partial charge >= 0.3 is 30.8 Å². The molecule has 1 aliphatic carbocycles. The van der Waals surface area contributed by atoms with Gasteiger partial charge in [0, 0.05) is 61.0 Å². The topological polar surface area (TPSA) is 234 Å². The van der Waals surface area contributed by atoms with Gasteiger partial charge in [0.1, 0.15) is 44.2 Å². The van der Waals surface area contributed by atoms with Crippen molar-refractivity contribution in [3.05, 3.63) is 35.9 Å². The molecule has 2 fully saturated rings. The van der Waals surface area contributed by atoms with Gasteiger partial charge in [-0.25, -0.2) is 4.79 Å². The number of ether oxygens (including phenoxy) is 8. The number of hydrogen-bond acceptors (Lipinski definition) is 17. The van der Waals surface area contributed by atoms with Gasteiger partial charge in [-0.3, -0.25) is 19.2 Å². The minimum atomic E-state index is -3.65. The van der Waals surface area contributed by atoms with Crippen LogP contribution < -0.4 is 16.0 Å². The number of benzene rings is 1. The lowest BCUT2D eigenvalue weighted by Gasteiger charge is -2.44. The molecule has 0 aromatic heterocycles. The maximum Gasteiger partial charge on any atom is 0.508 e. The van der Waals surface area contributed by atoms with Gasteiger partial charge in [0.05, 0.1) is 6.04 Å². The molecule has 57 heavy (non-hydrogen) atoms. The van der Waals surface area contributed by atoms with E-state index in [0.29, 0.717) is 25.8 Å². The molecule has 1 saturated heterocycles. The lowest BCUT2D eigenvalue weighted by atomic mass is 9.96. The SMILES string of the molecule is CO[C@H]1C(OP(O)(=S)OC)[C@@H](COC(=O)OCc2ccccc2)C[C@H]1NC(=S)NCCCCO[C@@H]1O[C@H](COC(C)=O)[C@H](OC(C)=O)[C@H](OC(C)=O)[C@H]1NC(C)=O. The van der Waals surface area contributed by atoms with Crippen LogP contribution in [0.4, 0.5) is 4.79 Å². The molecule has 22 heteroatoms. The first-order valence-electron chi connectivity index (χ1n) is 18.0. The Bertz CT molecular complexity index is 1560. The van der Waals surface area contributed by atoms with E-state index in [1.807, 2.05) is 30.3 Å². The molecule has 19 nitrogen and oxygen atoms in total. The number of amides is 1. The third kappa shape index (κ3) is 16.3. The fourth-order valence-electron chi connectivity index (χ4n) is 6.25. The largest absolute Gasteiger partial charge is 0.508 e. The van der Waals surface area contributed by atoms with Crippen LogP contribution in [0.15, 0.2) is 30.3 Å². The van der Waals surface area contributed by atoms with Gasteiger partial charge in [-0.05, 0) is 48.9 Å². The van der Waals surface area contributed by atoms with Gasteiger partial charge in [-0.1, -0.05) is 30.3 Å². The Morgan fingerprint density at radius 1 is 0.860 bits per heavy atom. The smallest absolute Gasteiger partial charge is 0.463 e. The highest BCUT2D eigenvalue weighted by atomic mass is 32.5. The molecule has 1 aliphatic heterocycles. The third-order valence-corrected chi connectivity index (χ3v) is 10.6. The van der Waals surface area contributed by atoms with Gasteiger partial charge in [-0.2, -0.15) is 0 Å². The minimum Gasteiger partial charge on any atom is -0.463 e. The van der Waals surface area contributed by atoms with Crippen molar-refractivity contribution in [2.75, 3.05) is 40.6 Å². The van der Waals surface area contributed by atoms with Crippen LogP contribution in [-0.2, 0) is 84.5 Å². The zero-order valence-corrected chi connectivity index (χ0v) is 35.1. The van der Waals surface area contributed by atoms with E-state index in [9.17, 15) is 28.9 Å². The zero-order valence-electron chi connectivity index (χ0n) is 32.6. The second kappa shape index (κ2) is 23.8. The predicted molar refractivity (Wildman–Crippen MR) is 207 cm³/mol. The molecule has 10 atom stereocenters. The Morgan fingerprint density at radius 2 is 1.54 bits per heavy atom. The zero-order chi connectivity index (χ0) is 42.1. The fraction of sp³-hybridized carbons (Fsp3) is 0.657. The highest BCUT2D eigenvalue weighted by molar-refractivity contribution is 8.07. The highest BCUT2D eigenvalue weighted by Gasteiger charge is 2.51. The van der Waals surface area contributed by atoms with E-state index in [2.05, 4.69) is 16.0 Å². The van der Waals surface area contributed by atoms with E-state index in [0.717, 1.165) is 19.4 Å². The number of unbranched alkanes of at least 4 members (excludes halogenated alkanes) is 1. The van der Waals surface area contributed by atoms with Crippen molar-refractivity contribution in [3.63, 3.8) is 0 Å². The molecule has 1 aromatic carbocycles. The molecule has 3 rings (SSSR count). The van der Waals surface area contributed by atoms with Crippen LogP contribution in [0, 0.1) is 5.92 Å². The Kier molecular flexibility index (Phi) is 20.0. The Labute approximate surface area is 341 Å². The van der Waals surface area contributed by atoms with Crippen LogP contribution in [0.3, 0.4) is 0 Å². The molecule has 1 aromatic rings. The molecule has 0 spiro atoms. The molecule has 1 saturated carbocycles. The van der Waals surface area contributed by atoms with Gasteiger partial charge < -0.3 is 67.8 Å². The maximum absolute atomic E-state index is 12.4. The van der Waals surface area contributed by atoms with Crippen molar-refractivity contribution in [1.82, 2.24) is 16.0 Å². The van der Waals surface area contributed by atoms with E-state index in [4.69, 9.17) is 71.0 Å². The van der Waals surface area contributed by atoms with Crippen molar-refractivity contribution in [1.29, 1.82) is 0 Å². The summed E-state index contributed by atoms with van der Waals surface area (Å²) in [4.78, 5) is 70.7. The normalized spacial score (nSPS) is 26.5. The first-order chi connectivity index (χ1) is 27.0. The van der Waals surface area contributed by atoms with Crippen LogP contribution in [0.5, 0.6) is 0 Å². The molecular formula is C35H52N3O16PS2. The van der Waals surface area contributed by atoms with E-state index < -0.39 is 91.5 Å².